The Balaban J connectivity index is 2.16. The van der Waals surface area contributed by atoms with E-state index in [9.17, 15) is 9.59 Å². The smallest absolute Gasteiger partial charge is 0.274 e. The zero-order chi connectivity index (χ0) is 15.9. The van der Waals surface area contributed by atoms with Gasteiger partial charge in [0.1, 0.15) is 5.69 Å². The summed E-state index contributed by atoms with van der Waals surface area (Å²) in [4.78, 5) is 24.3. The fourth-order valence-electron chi connectivity index (χ4n) is 2.20. The van der Waals surface area contributed by atoms with Gasteiger partial charge in [-0.15, -0.1) is 0 Å². The monoisotopic (exact) mass is 299 g/mol. The molecular formula is C17H21N3O2. The lowest BCUT2D eigenvalue weighted by Gasteiger charge is -2.12. The molecule has 1 heterocycles. The normalized spacial score (nSPS) is 11.9. The van der Waals surface area contributed by atoms with Gasteiger partial charge in [0.05, 0.1) is 12.6 Å². The predicted octanol–water partition coefficient (Wildman–Crippen LogP) is 1.96. The van der Waals surface area contributed by atoms with E-state index in [-0.39, 0.29) is 17.2 Å². The Labute approximate surface area is 129 Å². The first-order chi connectivity index (χ1) is 10.6. The summed E-state index contributed by atoms with van der Waals surface area (Å²) < 4.78 is 1.57. The van der Waals surface area contributed by atoms with Crippen LogP contribution in [0.5, 0.6) is 0 Å². The van der Waals surface area contributed by atoms with Crippen LogP contribution in [0.3, 0.4) is 0 Å². The maximum atomic E-state index is 12.4. The Hall–Kier alpha value is -2.40. The van der Waals surface area contributed by atoms with E-state index in [2.05, 4.69) is 5.32 Å². The largest absolute Gasteiger partial charge is 0.320 e. The van der Waals surface area contributed by atoms with Gasteiger partial charge in [-0.1, -0.05) is 43.7 Å². The highest BCUT2D eigenvalue weighted by molar-refractivity contribution is 5.94. The second-order valence-corrected chi connectivity index (χ2v) is 5.22. The van der Waals surface area contributed by atoms with Crippen molar-refractivity contribution >= 4 is 11.6 Å². The molecule has 5 heteroatoms. The van der Waals surface area contributed by atoms with Gasteiger partial charge in [-0.2, -0.15) is 0 Å². The molecule has 1 aromatic carbocycles. The first-order valence-electron chi connectivity index (χ1n) is 7.41. The molecule has 0 saturated heterocycles. The molecule has 1 unspecified atom stereocenters. The van der Waals surface area contributed by atoms with Crippen molar-refractivity contribution < 1.29 is 4.79 Å². The molecule has 0 fully saturated rings. The third kappa shape index (κ3) is 4.05. The van der Waals surface area contributed by atoms with Crippen molar-refractivity contribution in [3.8, 4) is 0 Å². The summed E-state index contributed by atoms with van der Waals surface area (Å²) in [7, 11) is 0. The van der Waals surface area contributed by atoms with Crippen LogP contribution >= 0.6 is 0 Å². The average Bonchev–Trinajstić information content (AvgIpc) is 2.52. The number of benzene rings is 1. The molecule has 1 aromatic heterocycles. The second kappa shape index (κ2) is 7.56. The Morgan fingerprint density at radius 3 is 2.64 bits per heavy atom. The minimum Gasteiger partial charge on any atom is -0.320 e. The van der Waals surface area contributed by atoms with Gasteiger partial charge in [0.2, 0.25) is 5.91 Å². The van der Waals surface area contributed by atoms with Gasteiger partial charge in [0, 0.05) is 6.20 Å². The lowest BCUT2D eigenvalue weighted by atomic mass is 10.1. The molecule has 5 nitrogen and oxygen atoms in total. The number of rotatable bonds is 6. The standard InChI is InChI=1S/C17H21N3O2/c1-2-7-14(18)16(21)19-15-10-6-11-20(17(15)22)12-13-8-4-3-5-9-13/h3-6,8-11,14H,2,7,12,18H2,1H3,(H,19,21). The molecule has 2 rings (SSSR count). The predicted molar refractivity (Wildman–Crippen MR) is 87.8 cm³/mol. The van der Waals surface area contributed by atoms with E-state index in [1.165, 1.54) is 0 Å². The molecule has 22 heavy (non-hydrogen) atoms. The van der Waals surface area contributed by atoms with E-state index in [0.717, 1.165) is 12.0 Å². The molecular weight excluding hydrogens is 278 g/mol. The van der Waals surface area contributed by atoms with Gasteiger partial charge >= 0.3 is 0 Å². The highest BCUT2D eigenvalue weighted by Crippen LogP contribution is 2.05. The number of carbonyl (C=O) groups is 1. The van der Waals surface area contributed by atoms with Crippen LogP contribution in [-0.4, -0.2) is 16.5 Å². The molecule has 1 amide bonds. The van der Waals surface area contributed by atoms with Crippen LogP contribution in [0.25, 0.3) is 0 Å². The number of nitrogens with two attached hydrogens (primary N) is 1. The van der Waals surface area contributed by atoms with E-state index in [1.54, 1.807) is 22.9 Å². The molecule has 0 saturated carbocycles. The molecule has 0 bridgehead atoms. The van der Waals surface area contributed by atoms with Crippen LogP contribution < -0.4 is 16.6 Å². The highest BCUT2D eigenvalue weighted by Gasteiger charge is 2.14. The van der Waals surface area contributed by atoms with Crippen LogP contribution in [0.1, 0.15) is 25.3 Å². The summed E-state index contributed by atoms with van der Waals surface area (Å²) in [5, 5.41) is 2.62. The molecule has 116 valence electrons. The summed E-state index contributed by atoms with van der Waals surface area (Å²) in [6, 6.07) is 12.4. The maximum Gasteiger partial charge on any atom is 0.274 e. The quantitative estimate of drug-likeness (QED) is 0.856. The van der Waals surface area contributed by atoms with Crippen molar-refractivity contribution in [2.45, 2.75) is 32.4 Å². The molecule has 0 spiro atoms. The number of nitrogens with zero attached hydrogens (tertiary/aromatic N) is 1. The van der Waals surface area contributed by atoms with Crippen molar-refractivity contribution in [3.05, 3.63) is 64.6 Å². The van der Waals surface area contributed by atoms with E-state index in [4.69, 9.17) is 5.73 Å². The van der Waals surface area contributed by atoms with Gasteiger partial charge < -0.3 is 15.6 Å². The zero-order valence-corrected chi connectivity index (χ0v) is 12.7. The molecule has 0 radical (unpaired) electrons. The Kier molecular flexibility index (Phi) is 5.49. The molecule has 0 aliphatic heterocycles. The first-order valence-corrected chi connectivity index (χ1v) is 7.41. The van der Waals surface area contributed by atoms with E-state index < -0.39 is 6.04 Å². The number of carbonyl (C=O) groups excluding carboxylic acids is 1. The number of amides is 1. The van der Waals surface area contributed by atoms with E-state index in [1.807, 2.05) is 37.3 Å². The summed E-state index contributed by atoms with van der Waals surface area (Å²) >= 11 is 0. The topological polar surface area (TPSA) is 77.1 Å². The number of pyridine rings is 1. The lowest BCUT2D eigenvalue weighted by Crippen LogP contribution is -2.37. The van der Waals surface area contributed by atoms with Crippen LogP contribution in [-0.2, 0) is 11.3 Å². The van der Waals surface area contributed by atoms with Gasteiger partial charge in [0.25, 0.3) is 5.56 Å². The molecule has 0 aliphatic rings. The summed E-state index contributed by atoms with van der Waals surface area (Å²) in [5.74, 6) is -0.323. The lowest BCUT2D eigenvalue weighted by molar-refractivity contribution is -0.117. The minimum atomic E-state index is -0.591. The molecule has 0 aliphatic carbocycles. The fourth-order valence-corrected chi connectivity index (χ4v) is 2.20. The van der Waals surface area contributed by atoms with Crippen molar-refractivity contribution in [1.82, 2.24) is 4.57 Å². The van der Waals surface area contributed by atoms with Crippen LogP contribution in [0.4, 0.5) is 5.69 Å². The van der Waals surface area contributed by atoms with Crippen LogP contribution in [0.15, 0.2) is 53.5 Å². The Bertz CT molecular complexity index is 680. The number of anilines is 1. The summed E-state index contributed by atoms with van der Waals surface area (Å²) in [5.41, 5.74) is 6.82. The second-order valence-electron chi connectivity index (χ2n) is 5.22. The number of nitrogens with one attached hydrogen (secondary N) is 1. The molecule has 2 aromatic rings. The van der Waals surface area contributed by atoms with Gasteiger partial charge in [-0.3, -0.25) is 9.59 Å². The van der Waals surface area contributed by atoms with Gasteiger partial charge in [-0.05, 0) is 24.1 Å². The van der Waals surface area contributed by atoms with E-state index in [0.29, 0.717) is 13.0 Å². The SMILES string of the molecule is CCCC(N)C(=O)Nc1cccn(Cc2ccccc2)c1=O. The third-order valence-electron chi connectivity index (χ3n) is 3.41. The summed E-state index contributed by atoms with van der Waals surface area (Å²) in [6.07, 6.45) is 3.12. The van der Waals surface area contributed by atoms with Gasteiger partial charge in [-0.25, -0.2) is 0 Å². The van der Waals surface area contributed by atoms with E-state index >= 15 is 0 Å². The Morgan fingerprint density at radius 2 is 1.95 bits per heavy atom. The minimum absolute atomic E-state index is 0.233. The number of hydrogen-bond donors (Lipinski definition) is 2. The fraction of sp³-hybridized carbons (Fsp3) is 0.294. The van der Waals surface area contributed by atoms with Gasteiger partial charge in [0.15, 0.2) is 0 Å². The van der Waals surface area contributed by atoms with Crippen molar-refractivity contribution in [3.63, 3.8) is 0 Å². The number of aromatic nitrogens is 1. The maximum absolute atomic E-state index is 12.4. The van der Waals surface area contributed by atoms with Crippen molar-refractivity contribution in [1.29, 1.82) is 0 Å². The Morgan fingerprint density at radius 1 is 1.23 bits per heavy atom. The molecule has 3 N–H and O–H groups in total. The third-order valence-corrected chi connectivity index (χ3v) is 3.41. The van der Waals surface area contributed by atoms with Crippen LogP contribution in [0, 0.1) is 0 Å². The average molecular weight is 299 g/mol. The highest BCUT2D eigenvalue weighted by atomic mass is 16.2. The van der Waals surface area contributed by atoms with Crippen molar-refractivity contribution in [2.75, 3.05) is 5.32 Å². The zero-order valence-electron chi connectivity index (χ0n) is 12.7. The molecule has 1 atom stereocenters. The number of hydrogen-bond acceptors (Lipinski definition) is 3. The first kappa shape index (κ1) is 16.0. The van der Waals surface area contributed by atoms with Crippen molar-refractivity contribution in [2.24, 2.45) is 5.73 Å². The van der Waals surface area contributed by atoms with Crippen LogP contribution in [0.2, 0.25) is 0 Å². The summed E-state index contributed by atoms with van der Waals surface area (Å²) in [6.45, 7) is 2.42.